The van der Waals surface area contributed by atoms with Crippen LogP contribution in [-0.2, 0) is 16.1 Å². The van der Waals surface area contributed by atoms with E-state index in [0.717, 1.165) is 10.2 Å². The van der Waals surface area contributed by atoms with Crippen LogP contribution in [0.25, 0.3) is 10.2 Å². The van der Waals surface area contributed by atoms with Gasteiger partial charge in [0.05, 0.1) is 16.8 Å². The number of hydrogen-bond acceptors (Lipinski definition) is 4. The third-order valence-electron chi connectivity index (χ3n) is 3.79. The Bertz CT molecular complexity index is 1070. The number of halogens is 1. The van der Waals surface area contributed by atoms with Crippen LogP contribution in [0.2, 0.25) is 5.02 Å². The summed E-state index contributed by atoms with van der Waals surface area (Å²) in [6, 6.07) is 12.3. The SMILES string of the molecule is COCCn1c(=NC(=O)c2cccc(Cl)c2)sc2cc(NC(C)=O)ccc21. The van der Waals surface area contributed by atoms with E-state index < -0.39 is 0 Å². The van der Waals surface area contributed by atoms with Gasteiger partial charge in [-0.3, -0.25) is 9.59 Å². The summed E-state index contributed by atoms with van der Waals surface area (Å²) < 4.78 is 8.03. The maximum absolute atomic E-state index is 12.6. The normalized spacial score (nSPS) is 11.7. The van der Waals surface area contributed by atoms with Crippen LogP contribution in [-0.4, -0.2) is 30.1 Å². The van der Waals surface area contributed by atoms with Gasteiger partial charge in [0.1, 0.15) is 0 Å². The molecular formula is C19H18ClN3O3S. The van der Waals surface area contributed by atoms with E-state index in [1.807, 2.05) is 22.8 Å². The number of methoxy groups -OCH3 is 1. The van der Waals surface area contributed by atoms with Gasteiger partial charge in [-0.15, -0.1) is 0 Å². The summed E-state index contributed by atoms with van der Waals surface area (Å²) in [5.41, 5.74) is 2.05. The van der Waals surface area contributed by atoms with Crippen LogP contribution in [0.1, 0.15) is 17.3 Å². The van der Waals surface area contributed by atoms with Gasteiger partial charge in [-0.05, 0) is 36.4 Å². The van der Waals surface area contributed by atoms with Crippen LogP contribution in [0.5, 0.6) is 0 Å². The van der Waals surface area contributed by atoms with Crippen molar-refractivity contribution in [2.75, 3.05) is 19.0 Å². The summed E-state index contributed by atoms with van der Waals surface area (Å²) in [6.07, 6.45) is 0. The number of anilines is 1. The van der Waals surface area contributed by atoms with E-state index in [0.29, 0.717) is 34.2 Å². The lowest BCUT2D eigenvalue weighted by molar-refractivity contribution is -0.114. The van der Waals surface area contributed by atoms with E-state index in [9.17, 15) is 9.59 Å². The van der Waals surface area contributed by atoms with Crippen LogP contribution in [0, 0.1) is 0 Å². The highest BCUT2D eigenvalue weighted by atomic mass is 35.5. The molecule has 3 aromatic rings. The molecule has 0 saturated heterocycles. The minimum atomic E-state index is -0.364. The lowest BCUT2D eigenvalue weighted by atomic mass is 10.2. The number of fused-ring (bicyclic) bond motifs is 1. The molecule has 0 radical (unpaired) electrons. The zero-order chi connectivity index (χ0) is 19.4. The monoisotopic (exact) mass is 403 g/mol. The fourth-order valence-electron chi connectivity index (χ4n) is 2.61. The second kappa shape index (κ2) is 8.47. The topological polar surface area (TPSA) is 72.7 Å². The Balaban J connectivity index is 2.09. The van der Waals surface area contributed by atoms with Gasteiger partial charge in [0.2, 0.25) is 5.91 Å². The van der Waals surface area contributed by atoms with E-state index in [1.54, 1.807) is 31.4 Å². The van der Waals surface area contributed by atoms with Crippen LogP contribution >= 0.6 is 22.9 Å². The molecule has 1 N–H and O–H groups in total. The number of ether oxygens (including phenoxy) is 1. The van der Waals surface area contributed by atoms with Crippen LogP contribution in [0.15, 0.2) is 47.5 Å². The van der Waals surface area contributed by atoms with Crippen molar-refractivity contribution >= 4 is 50.7 Å². The Labute approximate surface area is 165 Å². The lowest BCUT2D eigenvalue weighted by Crippen LogP contribution is -2.19. The van der Waals surface area contributed by atoms with Gasteiger partial charge < -0.3 is 14.6 Å². The van der Waals surface area contributed by atoms with Crippen molar-refractivity contribution in [2.24, 2.45) is 4.99 Å². The Morgan fingerprint density at radius 1 is 1.26 bits per heavy atom. The highest BCUT2D eigenvalue weighted by Crippen LogP contribution is 2.22. The first-order valence-electron chi connectivity index (χ1n) is 8.22. The van der Waals surface area contributed by atoms with Crippen molar-refractivity contribution in [1.29, 1.82) is 0 Å². The molecule has 0 aliphatic heterocycles. The summed E-state index contributed by atoms with van der Waals surface area (Å²) >= 11 is 7.35. The van der Waals surface area contributed by atoms with E-state index >= 15 is 0 Å². The highest BCUT2D eigenvalue weighted by molar-refractivity contribution is 7.16. The van der Waals surface area contributed by atoms with E-state index in [2.05, 4.69) is 10.3 Å². The average Bonchev–Trinajstić information content (AvgIpc) is 2.95. The Morgan fingerprint density at radius 2 is 2.07 bits per heavy atom. The van der Waals surface area contributed by atoms with Crippen molar-refractivity contribution in [3.05, 3.63) is 57.9 Å². The third-order valence-corrected chi connectivity index (χ3v) is 5.07. The van der Waals surface area contributed by atoms with E-state index in [4.69, 9.17) is 16.3 Å². The quantitative estimate of drug-likeness (QED) is 0.705. The first-order chi connectivity index (χ1) is 13.0. The molecular weight excluding hydrogens is 386 g/mol. The largest absolute Gasteiger partial charge is 0.383 e. The molecule has 6 nitrogen and oxygen atoms in total. The van der Waals surface area contributed by atoms with Crippen LogP contribution in [0.4, 0.5) is 5.69 Å². The smallest absolute Gasteiger partial charge is 0.279 e. The van der Waals surface area contributed by atoms with E-state index in [1.165, 1.54) is 18.3 Å². The number of hydrogen-bond donors (Lipinski definition) is 1. The number of amides is 2. The van der Waals surface area contributed by atoms with Gasteiger partial charge in [-0.1, -0.05) is 29.0 Å². The predicted molar refractivity (Wildman–Crippen MR) is 107 cm³/mol. The number of nitrogens with zero attached hydrogens (tertiary/aromatic N) is 2. The fraction of sp³-hybridized carbons (Fsp3) is 0.211. The zero-order valence-electron chi connectivity index (χ0n) is 14.9. The molecule has 0 aliphatic rings. The fourth-order valence-corrected chi connectivity index (χ4v) is 3.90. The molecule has 0 fully saturated rings. The van der Waals surface area contributed by atoms with Crippen molar-refractivity contribution in [2.45, 2.75) is 13.5 Å². The Hall–Kier alpha value is -2.48. The molecule has 8 heteroatoms. The van der Waals surface area contributed by atoms with Gasteiger partial charge >= 0.3 is 0 Å². The summed E-state index contributed by atoms with van der Waals surface area (Å²) in [4.78, 5) is 28.7. The number of carbonyl (C=O) groups excluding carboxylic acids is 2. The molecule has 0 bridgehead atoms. The first-order valence-corrected chi connectivity index (χ1v) is 9.42. The minimum absolute atomic E-state index is 0.140. The molecule has 140 valence electrons. The molecule has 0 spiro atoms. The maximum Gasteiger partial charge on any atom is 0.279 e. The van der Waals surface area contributed by atoms with Crippen LogP contribution in [0.3, 0.4) is 0 Å². The maximum atomic E-state index is 12.6. The standard InChI is InChI=1S/C19H18ClN3O3S/c1-12(24)21-15-6-7-16-17(11-15)27-19(23(16)8-9-26-2)22-18(25)13-4-3-5-14(20)10-13/h3-7,10-11H,8-9H2,1-2H3,(H,21,24). The molecule has 0 aliphatic carbocycles. The summed E-state index contributed by atoms with van der Waals surface area (Å²) in [5, 5.41) is 3.25. The minimum Gasteiger partial charge on any atom is -0.383 e. The molecule has 2 aromatic carbocycles. The number of nitrogens with one attached hydrogen (secondary N) is 1. The first kappa shape index (κ1) is 19.3. The summed E-state index contributed by atoms with van der Waals surface area (Å²) in [7, 11) is 1.62. The molecule has 3 rings (SSSR count). The lowest BCUT2D eigenvalue weighted by Gasteiger charge is -2.05. The van der Waals surface area contributed by atoms with Gasteiger partial charge in [0, 0.05) is 36.9 Å². The van der Waals surface area contributed by atoms with Gasteiger partial charge in [0.25, 0.3) is 5.91 Å². The predicted octanol–water partition coefficient (Wildman–Crippen LogP) is 3.70. The Morgan fingerprint density at radius 3 is 2.78 bits per heavy atom. The number of carbonyl (C=O) groups is 2. The second-order valence-corrected chi connectivity index (χ2v) is 7.27. The van der Waals surface area contributed by atoms with Crippen molar-refractivity contribution in [1.82, 2.24) is 4.57 Å². The van der Waals surface area contributed by atoms with Crippen molar-refractivity contribution in [3.63, 3.8) is 0 Å². The number of rotatable bonds is 5. The molecule has 0 saturated carbocycles. The number of aromatic nitrogens is 1. The average molecular weight is 404 g/mol. The highest BCUT2D eigenvalue weighted by Gasteiger charge is 2.11. The summed E-state index contributed by atoms with van der Waals surface area (Å²) in [6.45, 7) is 2.50. The van der Waals surface area contributed by atoms with Gasteiger partial charge in [0.15, 0.2) is 4.80 Å². The molecule has 0 unspecified atom stereocenters. The number of benzene rings is 2. The van der Waals surface area contributed by atoms with E-state index in [-0.39, 0.29) is 11.8 Å². The zero-order valence-corrected chi connectivity index (χ0v) is 16.4. The van der Waals surface area contributed by atoms with Gasteiger partial charge in [-0.2, -0.15) is 4.99 Å². The third kappa shape index (κ3) is 4.63. The van der Waals surface area contributed by atoms with Crippen molar-refractivity contribution in [3.8, 4) is 0 Å². The number of thiazole rings is 1. The van der Waals surface area contributed by atoms with Crippen molar-refractivity contribution < 1.29 is 14.3 Å². The molecule has 2 amide bonds. The molecule has 27 heavy (non-hydrogen) atoms. The van der Waals surface area contributed by atoms with Crippen LogP contribution < -0.4 is 10.1 Å². The molecule has 1 aromatic heterocycles. The Kier molecular flexibility index (Phi) is 6.05. The molecule has 0 atom stereocenters. The van der Waals surface area contributed by atoms with Gasteiger partial charge in [-0.25, -0.2) is 0 Å². The second-order valence-electron chi connectivity index (χ2n) is 5.82. The molecule has 1 heterocycles. The summed E-state index contributed by atoms with van der Waals surface area (Å²) in [5.74, 6) is -0.503.